The molecular weight excluding hydrogens is 398 g/mol. The molecule has 29 heavy (non-hydrogen) atoms. The lowest BCUT2D eigenvalue weighted by Crippen LogP contribution is -2.32. The molecule has 0 saturated carbocycles. The molecule has 0 fully saturated rings. The number of nitrogens with zero attached hydrogens (tertiary/aromatic N) is 1. The SMILES string of the molecule is CCCCOc1c(Cl)cc(C(=O)ON2C(=O)c3ccccc3C2=O)cc1OCC. The standard InChI is InChI=1S/C21H20ClNO6/c1-3-5-10-28-18-16(22)11-13(12-17(18)27-4-2)21(26)29-23-19(24)14-8-6-7-9-15(14)20(23)25/h6-9,11-12H,3-5,10H2,1-2H3. The minimum atomic E-state index is -0.914. The summed E-state index contributed by atoms with van der Waals surface area (Å²) in [4.78, 5) is 42.4. The molecule has 0 N–H and O–H groups in total. The van der Waals surface area contributed by atoms with Crippen molar-refractivity contribution in [3.05, 3.63) is 58.1 Å². The third kappa shape index (κ3) is 4.19. The van der Waals surface area contributed by atoms with E-state index in [2.05, 4.69) is 0 Å². The fourth-order valence-corrected chi connectivity index (χ4v) is 3.06. The Balaban J connectivity index is 1.82. The second kappa shape index (κ2) is 8.96. The van der Waals surface area contributed by atoms with Crippen LogP contribution in [0, 0.1) is 0 Å². The van der Waals surface area contributed by atoms with E-state index in [0.29, 0.717) is 24.0 Å². The van der Waals surface area contributed by atoms with E-state index in [9.17, 15) is 14.4 Å². The van der Waals surface area contributed by atoms with E-state index < -0.39 is 17.8 Å². The Morgan fingerprint density at radius 2 is 1.69 bits per heavy atom. The van der Waals surface area contributed by atoms with E-state index in [1.54, 1.807) is 19.1 Å². The number of hydrogen-bond acceptors (Lipinski definition) is 6. The quantitative estimate of drug-likeness (QED) is 0.471. The van der Waals surface area contributed by atoms with Crippen molar-refractivity contribution >= 4 is 29.4 Å². The van der Waals surface area contributed by atoms with Gasteiger partial charge in [0.1, 0.15) is 0 Å². The predicted octanol–water partition coefficient (Wildman–Crippen LogP) is 4.29. The van der Waals surface area contributed by atoms with Crippen molar-refractivity contribution in [2.45, 2.75) is 26.7 Å². The minimum Gasteiger partial charge on any atom is -0.490 e. The molecule has 0 bridgehead atoms. The molecule has 3 rings (SSSR count). The second-order valence-electron chi connectivity index (χ2n) is 6.25. The normalized spacial score (nSPS) is 12.7. The molecule has 1 aliphatic heterocycles. The van der Waals surface area contributed by atoms with Crippen LogP contribution in [-0.2, 0) is 4.84 Å². The van der Waals surface area contributed by atoms with Crippen molar-refractivity contribution in [2.24, 2.45) is 0 Å². The van der Waals surface area contributed by atoms with Crippen molar-refractivity contribution in [3.63, 3.8) is 0 Å². The van der Waals surface area contributed by atoms with Crippen LogP contribution in [-0.4, -0.2) is 36.1 Å². The average Bonchev–Trinajstić information content (AvgIpc) is 2.95. The van der Waals surface area contributed by atoms with Gasteiger partial charge < -0.3 is 14.3 Å². The monoisotopic (exact) mass is 417 g/mol. The summed E-state index contributed by atoms with van der Waals surface area (Å²) in [6.45, 7) is 4.60. The topological polar surface area (TPSA) is 82.1 Å². The van der Waals surface area contributed by atoms with Gasteiger partial charge in [-0.15, -0.1) is 0 Å². The Labute approximate surface area is 173 Å². The zero-order chi connectivity index (χ0) is 21.0. The maximum absolute atomic E-state index is 12.6. The Kier molecular flexibility index (Phi) is 6.39. The Morgan fingerprint density at radius 3 is 2.28 bits per heavy atom. The maximum Gasteiger partial charge on any atom is 0.364 e. The van der Waals surface area contributed by atoms with Crippen molar-refractivity contribution in [1.29, 1.82) is 0 Å². The number of fused-ring (bicyclic) bond motifs is 1. The highest BCUT2D eigenvalue weighted by molar-refractivity contribution is 6.32. The molecule has 0 atom stereocenters. The maximum atomic E-state index is 12.6. The lowest BCUT2D eigenvalue weighted by atomic mass is 10.1. The van der Waals surface area contributed by atoms with Crippen LogP contribution in [0.1, 0.15) is 57.8 Å². The number of imide groups is 1. The number of amides is 2. The number of ether oxygens (including phenoxy) is 2. The van der Waals surface area contributed by atoms with Crippen molar-refractivity contribution in [3.8, 4) is 11.5 Å². The fourth-order valence-electron chi connectivity index (χ4n) is 2.79. The molecule has 0 spiro atoms. The summed E-state index contributed by atoms with van der Waals surface area (Å²) in [5.41, 5.74) is 0.383. The highest BCUT2D eigenvalue weighted by Crippen LogP contribution is 2.37. The summed E-state index contributed by atoms with van der Waals surface area (Å²) < 4.78 is 11.2. The summed E-state index contributed by atoms with van der Waals surface area (Å²) >= 11 is 6.28. The van der Waals surface area contributed by atoms with Crippen LogP contribution >= 0.6 is 11.6 Å². The molecule has 2 aromatic rings. The molecule has 2 aromatic carbocycles. The number of hydrogen-bond donors (Lipinski definition) is 0. The van der Waals surface area contributed by atoms with Gasteiger partial charge in [0.2, 0.25) is 0 Å². The zero-order valence-corrected chi connectivity index (χ0v) is 16.8. The first-order valence-electron chi connectivity index (χ1n) is 9.27. The van der Waals surface area contributed by atoms with Gasteiger partial charge in [-0.3, -0.25) is 9.59 Å². The second-order valence-corrected chi connectivity index (χ2v) is 6.66. The van der Waals surface area contributed by atoms with Gasteiger partial charge in [-0.25, -0.2) is 4.79 Å². The first kappa shape index (κ1) is 20.7. The Bertz CT molecular complexity index is 923. The summed E-state index contributed by atoms with van der Waals surface area (Å²) in [5.74, 6) is -1.70. The van der Waals surface area contributed by atoms with E-state index in [4.69, 9.17) is 25.9 Å². The van der Waals surface area contributed by atoms with Crippen molar-refractivity contribution < 1.29 is 28.7 Å². The van der Waals surface area contributed by atoms with Gasteiger partial charge in [0.15, 0.2) is 11.5 Å². The Morgan fingerprint density at radius 1 is 1.03 bits per heavy atom. The van der Waals surface area contributed by atoms with Crippen LogP contribution in [0.15, 0.2) is 36.4 Å². The zero-order valence-electron chi connectivity index (χ0n) is 16.1. The largest absolute Gasteiger partial charge is 0.490 e. The van der Waals surface area contributed by atoms with Gasteiger partial charge in [-0.2, -0.15) is 0 Å². The van der Waals surface area contributed by atoms with E-state index in [1.165, 1.54) is 24.3 Å². The third-order valence-electron chi connectivity index (χ3n) is 4.22. The first-order valence-corrected chi connectivity index (χ1v) is 9.65. The summed E-state index contributed by atoms with van der Waals surface area (Å²) in [5, 5.41) is 0.619. The van der Waals surface area contributed by atoms with Crippen LogP contribution in [0.5, 0.6) is 11.5 Å². The van der Waals surface area contributed by atoms with Crippen LogP contribution in [0.3, 0.4) is 0 Å². The molecule has 8 heteroatoms. The molecular formula is C21H20ClNO6. The number of hydroxylamine groups is 2. The number of rotatable bonds is 8. The molecule has 0 radical (unpaired) electrons. The van der Waals surface area contributed by atoms with Crippen LogP contribution in [0.25, 0.3) is 0 Å². The first-order chi connectivity index (χ1) is 14.0. The molecule has 0 saturated heterocycles. The molecule has 7 nitrogen and oxygen atoms in total. The molecule has 0 aromatic heterocycles. The highest BCUT2D eigenvalue weighted by Gasteiger charge is 2.39. The number of unbranched alkanes of at least 4 members (excludes halogenated alkanes) is 1. The van der Waals surface area contributed by atoms with Gasteiger partial charge in [0.25, 0.3) is 11.8 Å². The summed E-state index contributed by atoms with van der Waals surface area (Å²) in [6, 6.07) is 9.01. The van der Waals surface area contributed by atoms with E-state index in [1.807, 2.05) is 6.92 Å². The highest BCUT2D eigenvalue weighted by atomic mass is 35.5. The molecule has 1 aliphatic rings. The lowest BCUT2D eigenvalue weighted by Gasteiger charge is -2.16. The van der Waals surface area contributed by atoms with Gasteiger partial charge in [-0.05, 0) is 37.6 Å². The minimum absolute atomic E-state index is 0.0258. The average molecular weight is 418 g/mol. The number of benzene rings is 2. The number of carbonyl (C=O) groups is 3. The fraction of sp³-hybridized carbons (Fsp3) is 0.286. The van der Waals surface area contributed by atoms with Crippen LogP contribution < -0.4 is 9.47 Å². The van der Waals surface area contributed by atoms with Crippen LogP contribution in [0.2, 0.25) is 5.02 Å². The summed E-state index contributed by atoms with van der Waals surface area (Å²) in [6.07, 6.45) is 1.79. The van der Waals surface area contributed by atoms with E-state index in [0.717, 1.165) is 12.8 Å². The summed E-state index contributed by atoms with van der Waals surface area (Å²) in [7, 11) is 0. The smallest absolute Gasteiger partial charge is 0.364 e. The van der Waals surface area contributed by atoms with Crippen molar-refractivity contribution in [2.75, 3.05) is 13.2 Å². The van der Waals surface area contributed by atoms with Gasteiger partial charge >= 0.3 is 5.97 Å². The molecule has 2 amide bonds. The molecule has 152 valence electrons. The Hall–Kier alpha value is -3.06. The molecule has 1 heterocycles. The van der Waals surface area contributed by atoms with Crippen LogP contribution in [0.4, 0.5) is 0 Å². The van der Waals surface area contributed by atoms with Gasteiger partial charge in [0.05, 0.1) is 34.9 Å². The van der Waals surface area contributed by atoms with Gasteiger partial charge in [-0.1, -0.05) is 42.1 Å². The number of carbonyl (C=O) groups excluding carboxylic acids is 3. The van der Waals surface area contributed by atoms with E-state index >= 15 is 0 Å². The van der Waals surface area contributed by atoms with E-state index in [-0.39, 0.29) is 27.5 Å². The number of halogens is 1. The third-order valence-corrected chi connectivity index (χ3v) is 4.50. The predicted molar refractivity (Wildman–Crippen MR) is 105 cm³/mol. The lowest BCUT2D eigenvalue weighted by molar-refractivity contribution is -0.0584. The van der Waals surface area contributed by atoms with Crippen molar-refractivity contribution in [1.82, 2.24) is 5.06 Å². The molecule has 0 aliphatic carbocycles. The molecule has 0 unspecified atom stereocenters. The van der Waals surface area contributed by atoms with Gasteiger partial charge in [0, 0.05) is 0 Å².